The van der Waals surface area contributed by atoms with Crippen LogP contribution in [0.2, 0.25) is 0 Å². The Morgan fingerprint density at radius 3 is 3.05 bits per heavy atom. The van der Waals surface area contributed by atoms with Gasteiger partial charge < -0.3 is 9.64 Å². The van der Waals surface area contributed by atoms with Crippen molar-refractivity contribution < 1.29 is 9.53 Å². The normalized spacial score (nSPS) is 18.7. The van der Waals surface area contributed by atoms with E-state index in [1.165, 1.54) is 24.2 Å². The molecule has 1 aliphatic rings. The molecule has 2 aromatic heterocycles. The fourth-order valence-electron chi connectivity index (χ4n) is 3.07. The number of nitrogens with zero attached hydrogens (tertiary/aromatic N) is 3. The fourth-order valence-corrected chi connectivity index (χ4v) is 4.10. The molecule has 1 atom stereocenters. The molecule has 2 aromatic rings. The van der Waals surface area contributed by atoms with E-state index in [-0.39, 0.29) is 5.97 Å². The molecular weight excluding hydrogens is 298 g/mol. The Kier molecular flexibility index (Phi) is 4.29. The number of anilines is 1. The lowest BCUT2D eigenvalue weighted by Crippen LogP contribution is -2.35. The quantitative estimate of drug-likeness (QED) is 0.812. The summed E-state index contributed by atoms with van der Waals surface area (Å²) >= 11 is 1.40. The van der Waals surface area contributed by atoms with E-state index < -0.39 is 0 Å². The van der Waals surface area contributed by atoms with Gasteiger partial charge in [0.25, 0.3) is 0 Å². The van der Waals surface area contributed by atoms with Crippen LogP contribution in [0.25, 0.3) is 10.2 Å². The number of fused-ring (bicyclic) bond motifs is 1. The number of aryl methyl sites for hydroxylation is 1. The molecule has 0 radical (unpaired) electrons. The van der Waals surface area contributed by atoms with E-state index in [9.17, 15) is 4.79 Å². The fraction of sp³-hybridized carbons (Fsp3) is 0.562. The van der Waals surface area contributed by atoms with Crippen LogP contribution >= 0.6 is 11.3 Å². The molecule has 1 saturated heterocycles. The van der Waals surface area contributed by atoms with Gasteiger partial charge in [-0.3, -0.25) is 0 Å². The zero-order chi connectivity index (χ0) is 15.7. The van der Waals surface area contributed by atoms with Gasteiger partial charge in [-0.15, -0.1) is 11.3 Å². The van der Waals surface area contributed by atoms with Crippen molar-refractivity contribution in [2.75, 3.05) is 24.6 Å². The van der Waals surface area contributed by atoms with Crippen molar-refractivity contribution in [2.45, 2.75) is 33.6 Å². The smallest absolute Gasteiger partial charge is 0.348 e. The molecule has 0 spiro atoms. The molecule has 0 aliphatic carbocycles. The lowest BCUT2D eigenvalue weighted by Gasteiger charge is -2.32. The van der Waals surface area contributed by atoms with Gasteiger partial charge >= 0.3 is 5.97 Å². The van der Waals surface area contributed by atoms with Gasteiger partial charge in [0.2, 0.25) is 0 Å². The number of ether oxygens (including phenoxy) is 1. The maximum Gasteiger partial charge on any atom is 0.348 e. The monoisotopic (exact) mass is 319 g/mol. The molecule has 6 heteroatoms. The summed E-state index contributed by atoms with van der Waals surface area (Å²) in [5, 5.41) is 1.00. The summed E-state index contributed by atoms with van der Waals surface area (Å²) in [4.78, 5) is 24.8. The summed E-state index contributed by atoms with van der Waals surface area (Å²) in [6.45, 7) is 8.46. The van der Waals surface area contributed by atoms with Gasteiger partial charge in [0.15, 0.2) is 0 Å². The van der Waals surface area contributed by atoms with E-state index in [2.05, 4.69) is 21.8 Å². The third-order valence-electron chi connectivity index (χ3n) is 4.12. The zero-order valence-electron chi connectivity index (χ0n) is 13.3. The van der Waals surface area contributed by atoms with Crippen LogP contribution in [-0.4, -0.2) is 35.6 Å². The van der Waals surface area contributed by atoms with Gasteiger partial charge in [-0.05, 0) is 38.2 Å². The van der Waals surface area contributed by atoms with E-state index in [4.69, 9.17) is 4.74 Å². The summed E-state index contributed by atoms with van der Waals surface area (Å²) in [5.41, 5.74) is 0.937. The topological polar surface area (TPSA) is 55.3 Å². The van der Waals surface area contributed by atoms with Crippen LogP contribution in [0.4, 0.5) is 5.82 Å². The SMILES string of the molecule is CCOC(=O)c1sc2ncnc(N3CCCC(C)C3)c2c1C. The Morgan fingerprint density at radius 2 is 2.32 bits per heavy atom. The van der Waals surface area contributed by atoms with Crippen molar-refractivity contribution in [1.29, 1.82) is 0 Å². The molecule has 5 nitrogen and oxygen atoms in total. The van der Waals surface area contributed by atoms with Crippen LogP contribution in [0.5, 0.6) is 0 Å². The van der Waals surface area contributed by atoms with Gasteiger partial charge in [-0.2, -0.15) is 0 Å². The third-order valence-corrected chi connectivity index (χ3v) is 5.30. The first-order valence-electron chi connectivity index (χ1n) is 7.78. The molecule has 0 amide bonds. The number of hydrogen-bond acceptors (Lipinski definition) is 6. The Hall–Kier alpha value is -1.69. The average molecular weight is 319 g/mol. The maximum absolute atomic E-state index is 12.1. The number of thiophene rings is 1. The Bertz CT molecular complexity index is 698. The van der Waals surface area contributed by atoms with Crippen LogP contribution in [0.15, 0.2) is 6.33 Å². The highest BCUT2D eigenvalue weighted by atomic mass is 32.1. The van der Waals surface area contributed by atoms with Crippen molar-refractivity contribution in [2.24, 2.45) is 5.92 Å². The Labute approximate surface area is 134 Å². The van der Waals surface area contributed by atoms with Gasteiger partial charge in [-0.25, -0.2) is 14.8 Å². The molecule has 0 saturated carbocycles. The second-order valence-electron chi connectivity index (χ2n) is 5.85. The van der Waals surface area contributed by atoms with E-state index in [1.54, 1.807) is 6.33 Å². The van der Waals surface area contributed by atoms with Crippen molar-refractivity contribution in [3.05, 3.63) is 16.8 Å². The molecule has 0 aromatic carbocycles. The van der Waals surface area contributed by atoms with Crippen LogP contribution in [0.3, 0.4) is 0 Å². The van der Waals surface area contributed by atoms with E-state index in [1.807, 2.05) is 13.8 Å². The van der Waals surface area contributed by atoms with E-state index in [0.717, 1.165) is 34.7 Å². The first kappa shape index (κ1) is 15.2. The lowest BCUT2D eigenvalue weighted by atomic mass is 10.00. The van der Waals surface area contributed by atoms with E-state index in [0.29, 0.717) is 17.4 Å². The second-order valence-corrected chi connectivity index (χ2v) is 6.85. The zero-order valence-corrected chi connectivity index (χ0v) is 14.1. The van der Waals surface area contributed by atoms with Gasteiger partial charge in [0.05, 0.1) is 12.0 Å². The van der Waals surface area contributed by atoms with Crippen molar-refractivity contribution in [3.8, 4) is 0 Å². The second kappa shape index (κ2) is 6.20. The van der Waals surface area contributed by atoms with Gasteiger partial charge in [-0.1, -0.05) is 6.92 Å². The number of esters is 1. The summed E-state index contributed by atoms with van der Waals surface area (Å²) in [7, 11) is 0. The van der Waals surface area contributed by atoms with Crippen LogP contribution in [-0.2, 0) is 4.74 Å². The van der Waals surface area contributed by atoms with E-state index >= 15 is 0 Å². The minimum absolute atomic E-state index is 0.263. The number of carbonyl (C=O) groups is 1. The predicted octanol–water partition coefficient (Wildman–Crippen LogP) is 3.41. The highest BCUT2D eigenvalue weighted by Crippen LogP contribution is 2.36. The van der Waals surface area contributed by atoms with Crippen molar-refractivity contribution in [3.63, 3.8) is 0 Å². The number of hydrogen-bond donors (Lipinski definition) is 0. The van der Waals surface area contributed by atoms with Gasteiger partial charge in [0.1, 0.15) is 21.9 Å². The summed E-state index contributed by atoms with van der Waals surface area (Å²) in [6, 6.07) is 0. The molecule has 3 rings (SSSR count). The highest BCUT2D eigenvalue weighted by molar-refractivity contribution is 7.20. The standard InChI is InChI=1S/C16H21N3O2S/c1-4-21-16(20)13-11(3)12-14(17-9-18-15(12)22-13)19-7-5-6-10(2)8-19/h9-10H,4-8H2,1-3H3. The molecule has 1 fully saturated rings. The van der Waals surface area contributed by atoms with Crippen LogP contribution in [0.1, 0.15) is 41.9 Å². The van der Waals surface area contributed by atoms with Crippen LogP contribution in [0, 0.1) is 12.8 Å². The Balaban J connectivity index is 2.06. The number of rotatable bonds is 3. The summed E-state index contributed by atoms with van der Waals surface area (Å²) in [5.74, 6) is 1.36. The minimum atomic E-state index is -0.263. The number of piperidine rings is 1. The lowest BCUT2D eigenvalue weighted by molar-refractivity contribution is 0.0531. The molecule has 3 heterocycles. The molecule has 1 aliphatic heterocycles. The molecule has 0 N–H and O–H groups in total. The predicted molar refractivity (Wildman–Crippen MR) is 88.7 cm³/mol. The number of carbonyl (C=O) groups excluding carboxylic acids is 1. The average Bonchev–Trinajstić information content (AvgIpc) is 2.85. The minimum Gasteiger partial charge on any atom is -0.462 e. The first-order chi connectivity index (χ1) is 10.6. The van der Waals surface area contributed by atoms with Crippen molar-refractivity contribution in [1.82, 2.24) is 9.97 Å². The molecule has 1 unspecified atom stereocenters. The number of aromatic nitrogens is 2. The highest BCUT2D eigenvalue weighted by Gasteiger charge is 2.24. The van der Waals surface area contributed by atoms with Crippen LogP contribution < -0.4 is 4.90 Å². The first-order valence-corrected chi connectivity index (χ1v) is 8.59. The molecule has 0 bridgehead atoms. The molecule has 118 valence electrons. The molecule has 22 heavy (non-hydrogen) atoms. The Morgan fingerprint density at radius 1 is 1.50 bits per heavy atom. The van der Waals surface area contributed by atoms with Gasteiger partial charge in [0, 0.05) is 13.1 Å². The summed E-state index contributed by atoms with van der Waals surface area (Å²) < 4.78 is 5.15. The van der Waals surface area contributed by atoms with Crippen molar-refractivity contribution >= 4 is 33.3 Å². The maximum atomic E-state index is 12.1. The third kappa shape index (κ3) is 2.67. The molecular formula is C16H21N3O2S. The summed E-state index contributed by atoms with van der Waals surface area (Å²) in [6.07, 6.45) is 4.05. The largest absolute Gasteiger partial charge is 0.462 e.